The Bertz CT molecular complexity index is 711. The summed E-state index contributed by atoms with van der Waals surface area (Å²) in [5.74, 6) is -0.217. The molecule has 6 heteroatoms. The van der Waals surface area contributed by atoms with E-state index in [-0.39, 0.29) is 18.7 Å². The first-order chi connectivity index (χ1) is 10.9. The maximum atomic E-state index is 11.5. The van der Waals surface area contributed by atoms with E-state index in [1.54, 1.807) is 12.1 Å². The molecule has 1 amide bonds. The molecule has 2 aromatic rings. The minimum atomic E-state index is -1.00. The van der Waals surface area contributed by atoms with Crippen LogP contribution in [0.4, 0.5) is 5.69 Å². The third-order valence-electron chi connectivity index (χ3n) is 3.14. The van der Waals surface area contributed by atoms with E-state index in [0.29, 0.717) is 11.6 Å². The van der Waals surface area contributed by atoms with Gasteiger partial charge in [-0.3, -0.25) is 9.59 Å². The highest BCUT2D eigenvalue weighted by Gasteiger charge is 2.07. The van der Waals surface area contributed by atoms with E-state index in [0.717, 1.165) is 16.9 Å². The number of ether oxygens (including phenoxy) is 1. The van der Waals surface area contributed by atoms with Crippen LogP contribution in [-0.2, 0) is 9.59 Å². The number of carbonyl (C=O) groups is 2. The van der Waals surface area contributed by atoms with Gasteiger partial charge in [-0.15, -0.1) is 0 Å². The lowest BCUT2D eigenvalue weighted by Crippen LogP contribution is -2.13. The van der Waals surface area contributed by atoms with E-state index in [1.165, 1.54) is 6.20 Å². The van der Waals surface area contributed by atoms with Gasteiger partial charge in [0.15, 0.2) is 0 Å². The van der Waals surface area contributed by atoms with Crippen LogP contribution in [0.3, 0.4) is 0 Å². The number of hydrogen-bond donors (Lipinski definition) is 2. The van der Waals surface area contributed by atoms with Gasteiger partial charge in [-0.05, 0) is 37.1 Å². The van der Waals surface area contributed by atoms with Crippen LogP contribution in [0.15, 0.2) is 36.5 Å². The van der Waals surface area contributed by atoms with Crippen molar-refractivity contribution in [3.63, 3.8) is 0 Å². The summed E-state index contributed by atoms with van der Waals surface area (Å²) >= 11 is 0. The molecule has 2 N–H and O–H groups in total. The smallest absolute Gasteiger partial charge is 0.303 e. The number of aromatic nitrogens is 1. The first-order valence-electron chi connectivity index (χ1n) is 7.17. The number of rotatable bonds is 6. The highest BCUT2D eigenvalue weighted by Crippen LogP contribution is 2.25. The van der Waals surface area contributed by atoms with Crippen LogP contribution in [0.5, 0.6) is 11.6 Å². The van der Waals surface area contributed by atoms with Crippen molar-refractivity contribution in [2.75, 3.05) is 5.32 Å². The summed E-state index contributed by atoms with van der Waals surface area (Å²) in [7, 11) is 0. The van der Waals surface area contributed by atoms with E-state index in [2.05, 4.69) is 10.3 Å². The van der Waals surface area contributed by atoms with E-state index in [1.807, 2.05) is 32.0 Å². The third-order valence-corrected chi connectivity index (χ3v) is 3.14. The molecule has 120 valence electrons. The molecule has 1 aromatic heterocycles. The lowest BCUT2D eigenvalue weighted by molar-refractivity contribution is -0.138. The predicted octanol–water partition coefficient (Wildman–Crippen LogP) is 3.29. The molecule has 23 heavy (non-hydrogen) atoms. The molecule has 0 saturated heterocycles. The highest BCUT2D eigenvalue weighted by atomic mass is 16.5. The molecule has 6 nitrogen and oxygen atoms in total. The van der Waals surface area contributed by atoms with Crippen molar-refractivity contribution in [1.29, 1.82) is 0 Å². The first-order valence-corrected chi connectivity index (χ1v) is 7.17. The molecule has 1 heterocycles. The minimum absolute atomic E-state index is 0.0733. The van der Waals surface area contributed by atoms with Gasteiger partial charge >= 0.3 is 5.97 Å². The zero-order valence-electron chi connectivity index (χ0n) is 13.0. The third kappa shape index (κ3) is 5.10. The van der Waals surface area contributed by atoms with Crippen molar-refractivity contribution >= 4 is 17.6 Å². The Morgan fingerprint density at radius 2 is 1.96 bits per heavy atom. The lowest BCUT2D eigenvalue weighted by Gasteiger charge is -2.09. The minimum Gasteiger partial charge on any atom is -0.481 e. The monoisotopic (exact) mass is 314 g/mol. The second-order valence-corrected chi connectivity index (χ2v) is 5.20. The van der Waals surface area contributed by atoms with Gasteiger partial charge in [0.25, 0.3) is 0 Å². The van der Waals surface area contributed by atoms with Gasteiger partial charge in [0.05, 0.1) is 18.3 Å². The number of carbonyl (C=O) groups excluding carboxylic acids is 1. The topological polar surface area (TPSA) is 88.5 Å². The Hall–Kier alpha value is -2.89. The summed E-state index contributed by atoms with van der Waals surface area (Å²) < 4.78 is 5.73. The van der Waals surface area contributed by atoms with Gasteiger partial charge in [-0.25, -0.2) is 4.98 Å². The summed E-state index contributed by atoms with van der Waals surface area (Å²) in [4.78, 5) is 26.1. The van der Waals surface area contributed by atoms with Gasteiger partial charge in [-0.2, -0.15) is 0 Å². The Kier molecular flexibility index (Phi) is 5.30. The van der Waals surface area contributed by atoms with Gasteiger partial charge in [-0.1, -0.05) is 12.1 Å². The largest absolute Gasteiger partial charge is 0.481 e. The average molecular weight is 314 g/mol. The van der Waals surface area contributed by atoms with E-state index in [9.17, 15) is 9.59 Å². The summed E-state index contributed by atoms with van der Waals surface area (Å²) in [6.45, 7) is 3.93. The quantitative estimate of drug-likeness (QED) is 0.854. The molecule has 0 aliphatic heterocycles. The summed E-state index contributed by atoms with van der Waals surface area (Å²) in [6.07, 6.45) is 1.20. The fraction of sp³-hybridized carbons (Fsp3) is 0.235. The molecule has 0 aliphatic rings. The van der Waals surface area contributed by atoms with Crippen molar-refractivity contribution in [2.45, 2.75) is 26.7 Å². The zero-order chi connectivity index (χ0) is 16.8. The number of benzene rings is 1. The predicted molar refractivity (Wildman–Crippen MR) is 85.7 cm³/mol. The molecule has 0 saturated carbocycles. The van der Waals surface area contributed by atoms with E-state index >= 15 is 0 Å². The number of pyridine rings is 1. The number of nitrogens with zero attached hydrogens (tertiary/aromatic N) is 1. The van der Waals surface area contributed by atoms with Crippen LogP contribution in [0.1, 0.15) is 24.0 Å². The number of anilines is 1. The zero-order valence-corrected chi connectivity index (χ0v) is 13.0. The number of nitrogens with one attached hydrogen (secondary N) is 1. The normalized spacial score (nSPS) is 10.2. The SMILES string of the molecule is Cc1ccc(C)c(Oc2ccc(NC(=O)CCC(=O)O)cn2)c1. The molecular weight excluding hydrogens is 296 g/mol. The number of aliphatic carboxylic acids is 1. The lowest BCUT2D eigenvalue weighted by atomic mass is 10.1. The average Bonchev–Trinajstić information content (AvgIpc) is 2.51. The van der Waals surface area contributed by atoms with Crippen molar-refractivity contribution in [3.8, 4) is 11.6 Å². The van der Waals surface area contributed by atoms with Crippen LogP contribution >= 0.6 is 0 Å². The van der Waals surface area contributed by atoms with E-state index < -0.39 is 5.97 Å². The van der Waals surface area contributed by atoms with Crippen molar-refractivity contribution in [1.82, 2.24) is 4.98 Å². The number of carboxylic acids is 1. The van der Waals surface area contributed by atoms with Gasteiger partial charge in [0, 0.05) is 12.5 Å². The Morgan fingerprint density at radius 3 is 2.61 bits per heavy atom. The van der Waals surface area contributed by atoms with Crippen LogP contribution in [0.2, 0.25) is 0 Å². The molecule has 0 aliphatic carbocycles. The number of carboxylic acid groups (broad SMARTS) is 1. The maximum absolute atomic E-state index is 11.5. The summed E-state index contributed by atoms with van der Waals surface area (Å²) in [5, 5.41) is 11.1. The van der Waals surface area contributed by atoms with E-state index in [4.69, 9.17) is 9.84 Å². The summed E-state index contributed by atoms with van der Waals surface area (Å²) in [6, 6.07) is 9.21. The molecule has 0 bridgehead atoms. The summed E-state index contributed by atoms with van der Waals surface area (Å²) in [5.41, 5.74) is 2.59. The van der Waals surface area contributed by atoms with Crippen molar-refractivity contribution in [3.05, 3.63) is 47.7 Å². The van der Waals surface area contributed by atoms with Crippen molar-refractivity contribution < 1.29 is 19.4 Å². The molecule has 0 fully saturated rings. The standard InChI is InChI=1S/C17H18N2O4/c1-11-3-4-12(2)14(9-11)23-16-7-5-13(10-18-16)19-15(20)6-8-17(21)22/h3-5,7,9-10H,6,8H2,1-2H3,(H,19,20)(H,21,22). The first kappa shape index (κ1) is 16.5. The second-order valence-electron chi connectivity index (χ2n) is 5.20. The van der Waals surface area contributed by atoms with Gasteiger partial charge < -0.3 is 15.2 Å². The number of hydrogen-bond acceptors (Lipinski definition) is 4. The van der Waals surface area contributed by atoms with Gasteiger partial charge in [0.1, 0.15) is 5.75 Å². The molecule has 0 spiro atoms. The molecule has 0 unspecified atom stereocenters. The maximum Gasteiger partial charge on any atom is 0.303 e. The Balaban J connectivity index is 1.98. The van der Waals surface area contributed by atoms with Crippen LogP contribution < -0.4 is 10.1 Å². The fourth-order valence-electron chi connectivity index (χ4n) is 1.89. The fourth-order valence-corrected chi connectivity index (χ4v) is 1.89. The van der Waals surface area contributed by atoms with Crippen LogP contribution in [-0.4, -0.2) is 22.0 Å². The van der Waals surface area contributed by atoms with Crippen LogP contribution in [0.25, 0.3) is 0 Å². The molecule has 2 rings (SSSR count). The Morgan fingerprint density at radius 1 is 1.17 bits per heavy atom. The molecule has 0 atom stereocenters. The van der Waals surface area contributed by atoms with Crippen molar-refractivity contribution in [2.24, 2.45) is 0 Å². The Labute approximate surface area is 134 Å². The second kappa shape index (κ2) is 7.40. The molecular formula is C17H18N2O4. The molecule has 1 aromatic carbocycles. The molecule has 0 radical (unpaired) electrons. The number of amides is 1. The highest BCUT2D eigenvalue weighted by molar-refractivity contribution is 5.92. The van der Waals surface area contributed by atoms with Crippen LogP contribution in [0, 0.1) is 13.8 Å². The number of aryl methyl sites for hydroxylation is 2. The van der Waals surface area contributed by atoms with Gasteiger partial charge in [0.2, 0.25) is 11.8 Å².